The lowest BCUT2D eigenvalue weighted by atomic mass is 10.2. The van der Waals surface area contributed by atoms with Gasteiger partial charge in [0.15, 0.2) is 11.0 Å². The molecule has 0 aliphatic carbocycles. The van der Waals surface area contributed by atoms with Crippen molar-refractivity contribution >= 4 is 52.9 Å². The van der Waals surface area contributed by atoms with Gasteiger partial charge in [-0.05, 0) is 42.8 Å². The highest BCUT2D eigenvalue weighted by Gasteiger charge is 2.13. The van der Waals surface area contributed by atoms with Crippen molar-refractivity contribution in [3.8, 4) is 0 Å². The first-order valence-electron chi connectivity index (χ1n) is 10.7. The first-order chi connectivity index (χ1) is 16.9. The standard InChI is InChI=1S/C24H24ClN5O4S/c1-3-34-23(33)17-8-6-9-18(13-17)27-22(32)15-35-24-29-28-20(30(24)2)14-26-21(31)12-11-16-7-4-5-10-19(16)25/h4-13H,3,14-15H2,1-2H3,(H,26,31)(H,27,32)/b12-11+. The molecular formula is C24H24ClN5O4S. The summed E-state index contributed by atoms with van der Waals surface area (Å²) in [7, 11) is 1.75. The molecule has 2 N–H and O–H groups in total. The number of benzene rings is 2. The Balaban J connectivity index is 1.49. The zero-order valence-corrected chi connectivity index (χ0v) is 20.7. The van der Waals surface area contributed by atoms with Crippen LogP contribution in [0.4, 0.5) is 5.69 Å². The van der Waals surface area contributed by atoms with Crippen molar-refractivity contribution < 1.29 is 19.1 Å². The predicted octanol–water partition coefficient (Wildman–Crippen LogP) is 3.71. The molecule has 0 saturated carbocycles. The molecule has 0 fully saturated rings. The molecule has 182 valence electrons. The van der Waals surface area contributed by atoms with Crippen molar-refractivity contribution in [2.75, 3.05) is 17.7 Å². The summed E-state index contributed by atoms with van der Waals surface area (Å²) in [6.45, 7) is 2.17. The van der Waals surface area contributed by atoms with Gasteiger partial charge < -0.3 is 19.9 Å². The Labute approximate surface area is 211 Å². The molecule has 0 atom stereocenters. The topological polar surface area (TPSA) is 115 Å². The lowest BCUT2D eigenvalue weighted by Gasteiger charge is -2.07. The molecule has 35 heavy (non-hydrogen) atoms. The maximum Gasteiger partial charge on any atom is 0.338 e. The average Bonchev–Trinajstić information content (AvgIpc) is 3.20. The predicted molar refractivity (Wildman–Crippen MR) is 135 cm³/mol. The number of anilines is 1. The number of amides is 2. The van der Waals surface area contributed by atoms with E-state index in [4.69, 9.17) is 16.3 Å². The first-order valence-corrected chi connectivity index (χ1v) is 12.0. The normalized spacial score (nSPS) is 10.8. The highest BCUT2D eigenvalue weighted by molar-refractivity contribution is 7.99. The van der Waals surface area contributed by atoms with E-state index < -0.39 is 5.97 Å². The molecule has 1 heterocycles. The van der Waals surface area contributed by atoms with Gasteiger partial charge in [-0.1, -0.05) is 47.6 Å². The quantitative estimate of drug-likeness (QED) is 0.241. The van der Waals surface area contributed by atoms with Crippen LogP contribution in [-0.2, 0) is 27.9 Å². The second kappa shape index (κ2) is 12.7. The van der Waals surface area contributed by atoms with Crippen LogP contribution >= 0.6 is 23.4 Å². The summed E-state index contributed by atoms with van der Waals surface area (Å²) in [5.41, 5.74) is 1.60. The maximum absolute atomic E-state index is 12.4. The van der Waals surface area contributed by atoms with Gasteiger partial charge in [0.05, 0.1) is 24.5 Å². The Kier molecular flexibility index (Phi) is 9.45. The SMILES string of the molecule is CCOC(=O)c1cccc(NC(=O)CSc2nnc(CNC(=O)/C=C/c3ccccc3Cl)n2C)c1. The van der Waals surface area contributed by atoms with Crippen LogP contribution in [0.25, 0.3) is 6.08 Å². The third-order valence-electron chi connectivity index (χ3n) is 4.66. The smallest absolute Gasteiger partial charge is 0.338 e. The molecule has 2 amide bonds. The monoisotopic (exact) mass is 513 g/mol. The molecule has 0 bridgehead atoms. The van der Waals surface area contributed by atoms with Gasteiger partial charge in [0.2, 0.25) is 11.8 Å². The van der Waals surface area contributed by atoms with Crippen molar-refractivity contribution in [1.29, 1.82) is 0 Å². The molecule has 0 spiro atoms. The van der Waals surface area contributed by atoms with Gasteiger partial charge in [0.1, 0.15) is 0 Å². The Hall–Kier alpha value is -3.63. The van der Waals surface area contributed by atoms with Gasteiger partial charge in [0, 0.05) is 23.8 Å². The third kappa shape index (κ3) is 7.69. The van der Waals surface area contributed by atoms with E-state index in [0.717, 1.165) is 5.56 Å². The van der Waals surface area contributed by atoms with E-state index in [9.17, 15) is 14.4 Å². The molecule has 2 aromatic carbocycles. The van der Waals surface area contributed by atoms with Crippen LogP contribution in [0.1, 0.15) is 28.7 Å². The average molecular weight is 514 g/mol. The van der Waals surface area contributed by atoms with Gasteiger partial charge in [-0.3, -0.25) is 9.59 Å². The van der Waals surface area contributed by atoms with Gasteiger partial charge in [-0.2, -0.15) is 0 Å². The molecule has 0 aliphatic rings. The van der Waals surface area contributed by atoms with Gasteiger partial charge in [-0.15, -0.1) is 10.2 Å². The molecule has 1 aromatic heterocycles. The van der Waals surface area contributed by atoms with Gasteiger partial charge in [0.25, 0.3) is 0 Å². The van der Waals surface area contributed by atoms with Crippen LogP contribution in [0.3, 0.4) is 0 Å². The van der Waals surface area contributed by atoms with Crippen molar-refractivity contribution in [1.82, 2.24) is 20.1 Å². The highest BCUT2D eigenvalue weighted by atomic mass is 35.5. The second-order valence-corrected chi connectivity index (χ2v) is 8.52. The molecule has 0 saturated heterocycles. The molecule has 11 heteroatoms. The number of halogens is 1. The summed E-state index contributed by atoms with van der Waals surface area (Å²) >= 11 is 7.28. The summed E-state index contributed by atoms with van der Waals surface area (Å²) in [4.78, 5) is 36.3. The van der Waals surface area contributed by atoms with Crippen molar-refractivity contribution in [2.24, 2.45) is 7.05 Å². The molecule has 0 radical (unpaired) electrons. The van der Waals surface area contributed by atoms with Crippen LogP contribution < -0.4 is 10.6 Å². The van der Waals surface area contributed by atoms with Crippen molar-refractivity contribution in [2.45, 2.75) is 18.6 Å². The summed E-state index contributed by atoms with van der Waals surface area (Å²) in [6.07, 6.45) is 3.03. The fraction of sp³-hybridized carbons (Fsp3) is 0.208. The number of aromatic nitrogens is 3. The fourth-order valence-electron chi connectivity index (χ4n) is 2.89. The lowest BCUT2D eigenvalue weighted by Crippen LogP contribution is -2.22. The van der Waals surface area contributed by atoms with Crippen LogP contribution in [0.15, 0.2) is 59.8 Å². The van der Waals surface area contributed by atoms with Crippen LogP contribution in [0.2, 0.25) is 5.02 Å². The Morgan fingerprint density at radius 1 is 1.14 bits per heavy atom. The number of thioether (sulfide) groups is 1. The molecule has 3 rings (SSSR count). The summed E-state index contributed by atoms with van der Waals surface area (Å²) in [5, 5.41) is 14.7. The van der Waals surface area contributed by atoms with Crippen LogP contribution in [0, 0.1) is 0 Å². The number of hydrogen-bond acceptors (Lipinski definition) is 7. The number of nitrogens with one attached hydrogen (secondary N) is 2. The van der Waals surface area contributed by atoms with Crippen molar-refractivity contribution in [3.63, 3.8) is 0 Å². The van der Waals surface area contributed by atoms with E-state index in [1.807, 2.05) is 18.2 Å². The zero-order valence-electron chi connectivity index (χ0n) is 19.2. The Morgan fingerprint density at radius 3 is 2.71 bits per heavy atom. The third-order valence-corrected chi connectivity index (χ3v) is 6.02. The molecule has 0 aliphatic heterocycles. The molecule has 0 unspecified atom stereocenters. The van der Waals surface area contributed by atoms with E-state index in [1.165, 1.54) is 17.8 Å². The molecule has 9 nitrogen and oxygen atoms in total. The highest BCUT2D eigenvalue weighted by Crippen LogP contribution is 2.18. The summed E-state index contributed by atoms with van der Waals surface area (Å²) in [6, 6.07) is 13.7. The van der Waals surface area contributed by atoms with Crippen molar-refractivity contribution in [3.05, 3.63) is 76.6 Å². The maximum atomic E-state index is 12.4. The Morgan fingerprint density at radius 2 is 1.94 bits per heavy atom. The summed E-state index contributed by atoms with van der Waals surface area (Å²) in [5.74, 6) is -0.390. The number of rotatable bonds is 10. The minimum Gasteiger partial charge on any atom is -0.462 e. The number of ether oxygens (including phenoxy) is 1. The number of nitrogens with zero attached hydrogens (tertiary/aromatic N) is 3. The zero-order chi connectivity index (χ0) is 25.2. The molecule has 3 aromatic rings. The van der Waals surface area contributed by atoms with E-state index in [-0.39, 0.29) is 30.7 Å². The van der Waals surface area contributed by atoms with E-state index in [2.05, 4.69) is 20.8 Å². The lowest BCUT2D eigenvalue weighted by molar-refractivity contribution is -0.116. The van der Waals surface area contributed by atoms with E-state index in [0.29, 0.717) is 27.3 Å². The summed E-state index contributed by atoms with van der Waals surface area (Å²) < 4.78 is 6.68. The first kappa shape index (κ1) is 26.0. The number of carbonyl (C=O) groups excluding carboxylic acids is 3. The van der Waals surface area contributed by atoms with Crippen LogP contribution in [-0.4, -0.2) is 44.9 Å². The fourth-order valence-corrected chi connectivity index (χ4v) is 3.82. The minimum atomic E-state index is -0.448. The Bertz CT molecular complexity index is 1240. The number of carbonyl (C=O) groups is 3. The molecular weight excluding hydrogens is 490 g/mol. The number of hydrogen-bond donors (Lipinski definition) is 2. The van der Waals surface area contributed by atoms with Crippen LogP contribution in [0.5, 0.6) is 0 Å². The van der Waals surface area contributed by atoms with E-state index in [1.54, 1.807) is 54.9 Å². The van der Waals surface area contributed by atoms with Gasteiger partial charge in [-0.25, -0.2) is 4.79 Å². The van der Waals surface area contributed by atoms with E-state index >= 15 is 0 Å². The largest absolute Gasteiger partial charge is 0.462 e. The van der Waals surface area contributed by atoms with Gasteiger partial charge >= 0.3 is 5.97 Å². The number of esters is 1. The minimum absolute atomic E-state index is 0.0859. The second-order valence-electron chi connectivity index (χ2n) is 7.17.